The first-order chi connectivity index (χ1) is 6.61. The number of hydrogen-bond acceptors (Lipinski definition) is 3. The quantitative estimate of drug-likeness (QED) is 0.794. The monoisotopic (exact) mass is 196 g/mol. The highest BCUT2D eigenvalue weighted by Crippen LogP contribution is 2.25. The molecule has 0 unspecified atom stereocenters. The molecular formula is C10H20N4. The van der Waals surface area contributed by atoms with Gasteiger partial charge in [-0.25, -0.2) is 0 Å². The zero-order chi connectivity index (χ0) is 10.7. The Labute approximate surface area is 85.7 Å². The van der Waals surface area contributed by atoms with E-state index in [4.69, 9.17) is 5.73 Å². The Morgan fingerprint density at radius 1 is 1.43 bits per heavy atom. The Balaban J connectivity index is 3.02. The lowest BCUT2D eigenvalue weighted by atomic mass is 10.3. The number of hydrogen-bond donors (Lipinski definition) is 1. The molecule has 0 aliphatic heterocycles. The normalized spacial score (nSPS) is 10.6. The highest BCUT2D eigenvalue weighted by atomic mass is 15.4. The van der Waals surface area contributed by atoms with Gasteiger partial charge < -0.3 is 10.6 Å². The van der Waals surface area contributed by atoms with Crippen LogP contribution in [0, 0.1) is 6.92 Å². The van der Waals surface area contributed by atoms with Gasteiger partial charge >= 0.3 is 0 Å². The second-order valence-corrected chi connectivity index (χ2v) is 3.53. The third-order valence-corrected chi connectivity index (χ3v) is 2.41. The predicted octanol–water partition coefficient (Wildman–Crippen LogP) is 1.55. The first kappa shape index (κ1) is 10.9. The molecule has 4 heteroatoms. The summed E-state index contributed by atoms with van der Waals surface area (Å²) in [5.41, 5.74) is 7.71. The molecule has 80 valence electrons. The summed E-state index contributed by atoms with van der Waals surface area (Å²) < 4.78 is 1.86. The standard InChI is InChI=1S/C10H20N4/c1-5-7-14(6-2)10-9(11)8(3)12-13(10)4/h5-7,11H2,1-4H3. The molecule has 0 aliphatic rings. The van der Waals surface area contributed by atoms with Crippen LogP contribution in [0.25, 0.3) is 0 Å². The summed E-state index contributed by atoms with van der Waals surface area (Å²) in [6, 6.07) is 0. The predicted molar refractivity (Wildman–Crippen MR) is 60.5 cm³/mol. The van der Waals surface area contributed by atoms with E-state index in [1.54, 1.807) is 0 Å². The third kappa shape index (κ3) is 1.84. The molecule has 0 amide bonds. The maximum Gasteiger partial charge on any atom is 0.150 e. The van der Waals surface area contributed by atoms with Gasteiger partial charge in [-0.1, -0.05) is 6.92 Å². The van der Waals surface area contributed by atoms with Crippen LogP contribution in [-0.4, -0.2) is 22.9 Å². The highest BCUT2D eigenvalue weighted by molar-refractivity contribution is 5.66. The molecule has 0 fully saturated rings. The van der Waals surface area contributed by atoms with Crippen LogP contribution in [0.4, 0.5) is 11.5 Å². The zero-order valence-electron chi connectivity index (χ0n) is 9.54. The highest BCUT2D eigenvalue weighted by Gasteiger charge is 2.14. The second-order valence-electron chi connectivity index (χ2n) is 3.53. The maximum atomic E-state index is 5.99. The minimum Gasteiger partial charge on any atom is -0.394 e. The summed E-state index contributed by atoms with van der Waals surface area (Å²) in [7, 11) is 1.94. The van der Waals surface area contributed by atoms with Crippen molar-refractivity contribution in [3.05, 3.63) is 5.69 Å². The minimum absolute atomic E-state index is 0.808. The fraction of sp³-hybridized carbons (Fsp3) is 0.700. The maximum absolute atomic E-state index is 5.99. The van der Waals surface area contributed by atoms with Crippen molar-refractivity contribution in [3.8, 4) is 0 Å². The molecule has 0 atom stereocenters. The Morgan fingerprint density at radius 3 is 2.43 bits per heavy atom. The number of nitrogens with zero attached hydrogens (tertiary/aromatic N) is 3. The Bertz CT molecular complexity index is 303. The molecule has 0 aromatic carbocycles. The third-order valence-electron chi connectivity index (χ3n) is 2.41. The number of aryl methyl sites for hydroxylation is 2. The fourth-order valence-corrected chi connectivity index (χ4v) is 1.72. The molecule has 1 rings (SSSR count). The van der Waals surface area contributed by atoms with Crippen molar-refractivity contribution >= 4 is 11.5 Å². The van der Waals surface area contributed by atoms with Gasteiger partial charge in [-0.05, 0) is 20.3 Å². The zero-order valence-corrected chi connectivity index (χ0v) is 9.54. The van der Waals surface area contributed by atoms with Crippen LogP contribution in [0.3, 0.4) is 0 Å². The van der Waals surface area contributed by atoms with E-state index in [1.165, 1.54) is 0 Å². The van der Waals surface area contributed by atoms with Gasteiger partial charge in [0, 0.05) is 20.1 Å². The molecule has 2 N–H and O–H groups in total. The van der Waals surface area contributed by atoms with E-state index in [9.17, 15) is 0 Å². The Hall–Kier alpha value is -1.19. The van der Waals surface area contributed by atoms with E-state index >= 15 is 0 Å². The van der Waals surface area contributed by atoms with E-state index in [0.29, 0.717) is 0 Å². The van der Waals surface area contributed by atoms with Crippen LogP contribution in [0.2, 0.25) is 0 Å². The summed E-state index contributed by atoms with van der Waals surface area (Å²) in [5, 5.41) is 4.31. The minimum atomic E-state index is 0.808. The molecule has 0 saturated heterocycles. The van der Waals surface area contributed by atoms with E-state index in [0.717, 1.165) is 36.7 Å². The smallest absolute Gasteiger partial charge is 0.150 e. The van der Waals surface area contributed by atoms with Crippen molar-refractivity contribution in [1.29, 1.82) is 0 Å². The first-order valence-electron chi connectivity index (χ1n) is 5.15. The Kier molecular flexibility index (Phi) is 3.38. The number of nitrogen functional groups attached to an aromatic ring is 1. The molecule has 0 bridgehead atoms. The van der Waals surface area contributed by atoms with Crippen molar-refractivity contribution in [2.45, 2.75) is 27.2 Å². The van der Waals surface area contributed by atoms with Gasteiger partial charge in [0.2, 0.25) is 0 Å². The van der Waals surface area contributed by atoms with Gasteiger partial charge in [-0.2, -0.15) is 5.10 Å². The molecule has 0 radical (unpaired) electrons. The van der Waals surface area contributed by atoms with Crippen LogP contribution in [0.5, 0.6) is 0 Å². The van der Waals surface area contributed by atoms with E-state index < -0.39 is 0 Å². The lowest BCUT2D eigenvalue weighted by Gasteiger charge is -2.22. The molecule has 0 spiro atoms. The molecule has 14 heavy (non-hydrogen) atoms. The topological polar surface area (TPSA) is 47.1 Å². The van der Waals surface area contributed by atoms with Gasteiger partial charge in [0.25, 0.3) is 0 Å². The van der Waals surface area contributed by atoms with E-state index in [2.05, 4.69) is 23.8 Å². The van der Waals surface area contributed by atoms with Crippen molar-refractivity contribution < 1.29 is 0 Å². The fourth-order valence-electron chi connectivity index (χ4n) is 1.72. The number of nitrogens with two attached hydrogens (primary N) is 1. The van der Waals surface area contributed by atoms with Gasteiger partial charge in [-0.15, -0.1) is 0 Å². The van der Waals surface area contributed by atoms with E-state index in [-0.39, 0.29) is 0 Å². The van der Waals surface area contributed by atoms with Crippen LogP contribution in [0.1, 0.15) is 26.0 Å². The van der Waals surface area contributed by atoms with Crippen molar-refractivity contribution in [1.82, 2.24) is 9.78 Å². The van der Waals surface area contributed by atoms with Gasteiger partial charge in [0.15, 0.2) is 0 Å². The summed E-state index contributed by atoms with van der Waals surface area (Å²) in [6.45, 7) is 8.24. The molecule has 4 nitrogen and oxygen atoms in total. The number of rotatable bonds is 4. The summed E-state index contributed by atoms with van der Waals surface area (Å²) in [6.07, 6.45) is 1.12. The van der Waals surface area contributed by atoms with Gasteiger partial charge in [-0.3, -0.25) is 4.68 Å². The first-order valence-corrected chi connectivity index (χ1v) is 5.15. The van der Waals surface area contributed by atoms with Crippen molar-refractivity contribution in [3.63, 3.8) is 0 Å². The van der Waals surface area contributed by atoms with Gasteiger partial charge in [0.1, 0.15) is 5.82 Å². The molecule has 0 aliphatic carbocycles. The second kappa shape index (κ2) is 4.35. The Morgan fingerprint density at radius 2 is 2.07 bits per heavy atom. The molecular weight excluding hydrogens is 176 g/mol. The van der Waals surface area contributed by atoms with Crippen LogP contribution in [0.15, 0.2) is 0 Å². The van der Waals surface area contributed by atoms with Crippen LogP contribution < -0.4 is 10.6 Å². The number of anilines is 2. The summed E-state index contributed by atoms with van der Waals surface area (Å²) in [5.74, 6) is 1.05. The molecule has 1 heterocycles. The van der Waals surface area contributed by atoms with Crippen molar-refractivity contribution in [2.75, 3.05) is 23.7 Å². The average molecular weight is 196 g/mol. The lowest BCUT2D eigenvalue weighted by Crippen LogP contribution is -2.26. The van der Waals surface area contributed by atoms with Gasteiger partial charge in [0.05, 0.1) is 11.4 Å². The number of aromatic nitrogens is 2. The molecule has 0 saturated carbocycles. The average Bonchev–Trinajstić information content (AvgIpc) is 2.39. The van der Waals surface area contributed by atoms with Crippen LogP contribution >= 0.6 is 0 Å². The van der Waals surface area contributed by atoms with E-state index in [1.807, 2.05) is 18.7 Å². The summed E-state index contributed by atoms with van der Waals surface area (Å²) >= 11 is 0. The lowest BCUT2D eigenvalue weighted by molar-refractivity contribution is 0.698. The molecule has 1 aromatic heterocycles. The van der Waals surface area contributed by atoms with Crippen molar-refractivity contribution in [2.24, 2.45) is 7.05 Å². The van der Waals surface area contributed by atoms with Crippen LogP contribution in [-0.2, 0) is 7.05 Å². The SMILES string of the molecule is CCCN(CC)c1c(N)c(C)nn1C. The molecule has 1 aromatic rings. The summed E-state index contributed by atoms with van der Waals surface area (Å²) in [4.78, 5) is 2.26. The largest absolute Gasteiger partial charge is 0.394 e.